The molecule has 0 saturated heterocycles. The van der Waals surface area contributed by atoms with E-state index in [1.807, 2.05) is 11.5 Å². The van der Waals surface area contributed by atoms with Crippen molar-refractivity contribution in [3.63, 3.8) is 0 Å². The predicted molar refractivity (Wildman–Crippen MR) is 78.5 cm³/mol. The molecule has 0 aromatic heterocycles. The van der Waals surface area contributed by atoms with Crippen LogP contribution in [-0.2, 0) is 9.59 Å². The zero-order valence-corrected chi connectivity index (χ0v) is 12.1. The highest BCUT2D eigenvalue weighted by Gasteiger charge is 2.21. The number of hydrogen-bond acceptors (Lipinski definition) is 4. The first kappa shape index (κ1) is 13.9. The van der Waals surface area contributed by atoms with Crippen molar-refractivity contribution in [1.82, 2.24) is 0 Å². The molecule has 0 unspecified atom stereocenters. The number of Topliss-reactive ketones (excluding diaryl/α,β-unsaturated/α-hetero) is 2. The fraction of sp³-hybridized carbons (Fsp3) is 0.571. The van der Waals surface area contributed by atoms with Crippen LogP contribution in [0.25, 0.3) is 0 Å². The van der Waals surface area contributed by atoms with Gasteiger partial charge in [0.1, 0.15) is 0 Å². The number of hydrogen-bond donors (Lipinski definition) is 0. The highest BCUT2D eigenvalue weighted by atomic mass is 33.1. The van der Waals surface area contributed by atoms with Crippen LogP contribution in [0.4, 0.5) is 0 Å². The maximum Gasteiger partial charge on any atom is 0.164 e. The summed E-state index contributed by atoms with van der Waals surface area (Å²) in [5, 5.41) is 1.89. The molecule has 0 N–H and O–H groups in total. The second-order valence-electron chi connectivity index (χ2n) is 4.62. The summed E-state index contributed by atoms with van der Waals surface area (Å²) in [4.78, 5) is 24.3. The first-order valence-electron chi connectivity index (χ1n) is 6.54. The van der Waals surface area contributed by atoms with Gasteiger partial charge < -0.3 is 0 Å². The van der Waals surface area contributed by atoms with Crippen molar-refractivity contribution in [2.45, 2.75) is 44.9 Å². The molecule has 0 radical (unpaired) electrons. The molecule has 1 heterocycles. The van der Waals surface area contributed by atoms with Crippen molar-refractivity contribution in [1.29, 1.82) is 0 Å². The largest absolute Gasteiger partial charge is 0.294 e. The van der Waals surface area contributed by atoms with Crippen molar-refractivity contribution in [2.24, 2.45) is 0 Å². The lowest BCUT2D eigenvalue weighted by Crippen LogP contribution is -2.14. The van der Waals surface area contributed by atoms with Gasteiger partial charge >= 0.3 is 0 Å². The number of carbonyl (C=O) groups excluding carboxylic acids is 2. The summed E-state index contributed by atoms with van der Waals surface area (Å²) in [5.74, 6) is 1.30. The summed E-state index contributed by atoms with van der Waals surface area (Å²) in [5.41, 5.74) is 1.36. The van der Waals surface area contributed by atoms with Crippen LogP contribution in [0.2, 0.25) is 0 Å². The van der Waals surface area contributed by atoms with Crippen molar-refractivity contribution in [2.75, 3.05) is 5.75 Å². The van der Waals surface area contributed by atoms with Crippen molar-refractivity contribution in [3.05, 3.63) is 22.6 Å². The van der Waals surface area contributed by atoms with Gasteiger partial charge in [0, 0.05) is 29.7 Å². The minimum absolute atomic E-state index is 0.142. The zero-order chi connectivity index (χ0) is 12.8. The van der Waals surface area contributed by atoms with Crippen LogP contribution in [-0.4, -0.2) is 17.3 Å². The molecule has 2 nitrogen and oxygen atoms in total. The van der Waals surface area contributed by atoms with Crippen molar-refractivity contribution >= 4 is 33.2 Å². The van der Waals surface area contributed by atoms with Gasteiger partial charge in [-0.3, -0.25) is 9.59 Å². The second kappa shape index (κ2) is 7.19. The van der Waals surface area contributed by atoms with Gasteiger partial charge in [-0.25, -0.2) is 0 Å². The van der Waals surface area contributed by atoms with E-state index in [4.69, 9.17) is 0 Å². The van der Waals surface area contributed by atoms with Crippen LogP contribution in [0, 0.1) is 0 Å². The molecule has 2 rings (SSSR count). The van der Waals surface area contributed by atoms with E-state index in [0.717, 1.165) is 37.9 Å². The average Bonchev–Trinajstić information content (AvgIpc) is 2.32. The number of rotatable bonds is 1. The van der Waals surface area contributed by atoms with Crippen molar-refractivity contribution < 1.29 is 9.59 Å². The molecule has 4 heteroatoms. The van der Waals surface area contributed by atoms with E-state index in [1.54, 1.807) is 21.6 Å². The molecule has 0 saturated carbocycles. The summed E-state index contributed by atoms with van der Waals surface area (Å²) < 4.78 is 0. The monoisotopic (exact) mass is 282 g/mol. The molecule has 0 aromatic carbocycles. The Balaban J connectivity index is 2.24. The quantitative estimate of drug-likeness (QED) is 0.679. The lowest BCUT2D eigenvalue weighted by molar-refractivity contribution is -0.118. The van der Waals surface area contributed by atoms with Crippen LogP contribution < -0.4 is 0 Å². The minimum atomic E-state index is 0.142. The third kappa shape index (κ3) is 3.75. The van der Waals surface area contributed by atoms with E-state index in [2.05, 4.69) is 0 Å². The van der Waals surface area contributed by atoms with Gasteiger partial charge in [-0.05, 0) is 31.1 Å². The molecular formula is C14H18O2S2. The predicted octanol–water partition coefficient (Wildman–Crippen LogP) is 4.07. The third-order valence-electron chi connectivity index (χ3n) is 3.21. The molecule has 0 atom stereocenters. The van der Waals surface area contributed by atoms with E-state index in [1.165, 1.54) is 0 Å². The van der Waals surface area contributed by atoms with Gasteiger partial charge in [0.2, 0.25) is 0 Å². The normalized spacial score (nSPS) is 29.1. The second-order valence-corrected chi connectivity index (χ2v) is 6.97. The Labute approximate surface area is 116 Å². The Morgan fingerprint density at radius 1 is 0.889 bits per heavy atom. The molecule has 0 bridgehead atoms. The highest BCUT2D eigenvalue weighted by molar-refractivity contribution is 8.77. The third-order valence-corrected chi connectivity index (χ3v) is 5.33. The average molecular weight is 282 g/mol. The summed E-state index contributed by atoms with van der Waals surface area (Å²) in [6.45, 7) is 0. The number of ketones is 2. The van der Waals surface area contributed by atoms with E-state index >= 15 is 0 Å². The fourth-order valence-corrected chi connectivity index (χ4v) is 4.11. The van der Waals surface area contributed by atoms with Gasteiger partial charge in [0.05, 0.1) is 0 Å². The number of allylic oxidation sites excluding steroid dienone is 3. The van der Waals surface area contributed by atoms with E-state index < -0.39 is 0 Å². The Hall–Kier alpha value is -0.480. The zero-order valence-electron chi connectivity index (χ0n) is 10.4. The molecule has 0 fully saturated rings. The fourth-order valence-electron chi connectivity index (χ4n) is 2.20. The summed E-state index contributed by atoms with van der Waals surface area (Å²) >= 11 is 0. The van der Waals surface area contributed by atoms with Gasteiger partial charge in [-0.15, -0.1) is 0 Å². The van der Waals surface area contributed by atoms with Gasteiger partial charge in [-0.2, -0.15) is 0 Å². The number of carbonyl (C=O) groups is 2. The van der Waals surface area contributed by atoms with E-state index in [9.17, 15) is 9.59 Å². The SMILES string of the molecule is O=C1CCCCC/C=C1/C1=C/SSCCCC1=O. The Morgan fingerprint density at radius 3 is 2.56 bits per heavy atom. The van der Waals surface area contributed by atoms with Crippen LogP contribution in [0.5, 0.6) is 0 Å². The first-order chi connectivity index (χ1) is 8.79. The summed E-state index contributed by atoms with van der Waals surface area (Å²) in [6.07, 6.45) is 8.18. The topological polar surface area (TPSA) is 34.1 Å². The molecule has 2 aliphatic rings. The standard InChI is InChI=1S/C14H18O2S2/c15-13-7-4-2-1-3-6-11(13)12-10-18-17-9-5-8-14(12)16/h6,10H,1-5,7-9H2/b11-6-,12-10-. The van der Waals surface area contributed by atoms with Crippen LogP contribution in [0.3, 0.4) is 0 Å². The molecule has 18 heavy (non-hydrogen) atoms. The Kier molecular flexibility index (Phi) is 5.57. The van der Waals surface area contributed by atoms with E-state index in [0.29, 0.717) is 24.0 Å². The Morgan fingerprint density at radius 2 is 1.67 bits per heavy atom. The maximum absolute atomic E-state index is 12.1. The first-order valence-corrected chi connectivity index (χ1v) is 8.92. The highest BCUT2D eigenvalue weighted by Crippen LogP contribution is 2.32. The summed E-state index contributed by atoms with van der Waals surface area (Å²) in [6, 6.07) is 0. The van der Waals surface area contributed by atoms with Gasteiger partial charge in [0.25, 0.3) is 0 Å². The van der Waals surface area contributed by atoms with Crippen LogP contribution in [0.15, 0.2) is 22.6 Å². The lowest BCUT2D eigenvalue weighted by atomic mass is 9.91. The molecule has 0 aromatic rings. The van der Waals surface area contributed by atoms with Crippen molar-refractivity contribution in [3.8, 4) is 0 Å². The minimum Gasteiger partial charge on any atom is -0.294 e. The summed E-state index contributed by atoms with van der Waals surface area (Å²) in [7, 11) is 3.35. The molecule has 0 spiro atoms. The maximum atomic E-state index is 12.1. The lowest BCUT2D eigenvalue weighted by Gasteiger charge is -2.14. The molecule has 1 aliphatic carbocycles. The molecular weight excluding hydrogens is 264 g/mol. The van der Waals surface area contributed by atoms with Gasteiger partial charge in [0.15, 0.2) is 11.6 Å². The van der Waals surface area contributed by atoms with Crippen LogP contribution in [0.1, 0.15) is 44.9 Å². The van der Waals surface area contributed by atoms with Gasteiger partial charge in [-0.1, -0.05) is 34.1 Å². The van der Waals surface area contributed by atoms with E-state index in [-0.39, 0.29) is 11.6 Å². The molecule has 1 aliphatic heterocycles. The molecule has 0 amide bonds. The molecule has 98 valence electrons. The van der Waals surface area contributed by atoms with Crippen LogP contribution >= 0.6 is 21.6 Å². The Bertz CT molecular complexity index is 359. The smallest absolute Gasteiger partial charge is 0.164 e.